The number of aliphatic hydroxyl groups excluding tert-OH is 1. The van der Waals surface area contributed by atoms with Gasteiger partial charge in [-0.25, -0.2) is 0 Å². The number of nitrogens with one attached hydrogen (secondary N) is 1. The summed E-state index contributed by atoms with van der Waals surface area (Å²) >= 11 is 5.85. The maximum absolute atomic E-state index is 12.3. The van der Waals surface area contributed by atoms with Gasteiger partial charge in [0.1, 0.15) is 0 Å². The number of hydrogen-bond acceptors (Lipinski definition) is 3. The fourth-order valence-electron chi connectivity index (χ4n) is 2.95. The zero-order valence-corrected chi connectivity index (χ0v) is 12.4. The van der Waals surface area contributed by atoms with E-state index in [1.54, 1.807) is 18.2 Å². The SMILES string of the molecule is CC1CCCC(CO)(NC(=O)c2ccc(Cl)c(N)c2)C1. The maximum Gasteiger partial charge on any atom is 0.251 e. The van der Waals surface area contributed by atoms with Gasteiger partial charge in [0.2, 0.25) is 0 Å². The lowest BCUT2D eigenvalue weighted by molar-refractivity contribution is 0.0697. The highest BCUT2D eigenvalue weighted by Gasteiger charge is 2.35. The normalized spacial score (nSPS) is 26.2. The van der Waals surface area contributed by atoms with Crippen molar-refractivity contribution in [2.75, 3.05) is 12.3 Å². The average Bonchev–Trinajstić information content (AvgIpc) is 2.41. The van der Waals surface area contributed by atoms with Crippen molar-refractivity contribution in [2.24, 2.45) is 5.92 Å². The minimum absolute atomic E-state index is 0.0356. The summed E-state index contributed by atoms with van der Waals surface area (Å²) in [5, 5.41) is 13.1. The van der Waals surface area contributed by atoms with Crippen LogP contribution in [-0.2, 0) is 0 Å². The van der Waals surface area contributed by atoms with Gasteiger partial charge in [-0.05, 0) is 37.0 Å². The molecule has 1 saturated carbocycles. The van der Waals surface area contributed by atoms with Gasteiger partial charge in [0.25, 0.3) is 5.91 Å². The van der Waals surface area contributed by atoms with Crippen molar-refractivity contribution in [3.63, 3.8) is 0 Å². The topological polar surface area (TPSA) is 75.3 Å². The van der Waals surface area contributed by atoms with Crippen LogP contribution in [0, 0.1) is 5.92 Å². The number of anilines is 1. The highest BCUT2D eigenvalue weighted by molar-refractivity contribution is 6.33. The Kier molecular flexibility index (Phi) is 4.55. The molecule has 0 radical (unpaired) electrons. The predicted molar refractivity (Wildman–Crippen MR) is 80.8 cm³/mol. The Balaban J connectivity index is 2.14. The van der Waals surface area contributed by atoms with Gasteiger partial charge >= 0.3 is 0 Å². The van der Waals surface area contributed by atoms with Crippen LogP contribution in [0.2, 0.25) is 5.02 Å². The van der Waals surface area contributed by atoms with Crippen LogP contribution in [0.25, 0.3) is 0 Å². The molecule has 1 aliphatic carbocycles. The van der Waals surface area contributed by atoms with Gasteiger partial charge in [-0.3, -0.25) is 4.79 Å². The predicted octanol–water partition coefficient (Wildman–Crippen LogP) is 2.59. The van der Waals surface area contributed by atoms with Crippen molar-refractivity contribution in [1.29, 1.82) is 0 Å². The number of nitrogens with two attached hydrogens (primary N) is 1. The van der Waals surface area contributed by atoms with Crippen LogP contribution >= 0.6 is 11.6 Å². The molecule has 4 nitrogen and oxygen atoms in total. The van der Waals surface area contributed by atoms with E-state index in [1.807, 2.05) is 0 Å². The van der Waals surface area contributed by atoms with E-state index in [1.165, 1.54) is 0 Å². The minimum atomic E-state index is -0.511. The van der Waals surface area contributed by atoms with Gasteiger partial charge < -0.3 is 16.2 Å². The van der Waals surface area contributed by atoms with Crippen molar-refractivity contribution in [2.45, 2.75) is 38.1 Å². The van der Waals surface area contributed by atoms with Crippen LogP contribution < -0.4 is 11.1 Å². The van der Waals surface area contributed by atoms with Crippen LogP contribution in [0.1, 0.15) is 43.0 Å². The lowest BCUT2D eigenvalue weighted by Crippen LogP contribution is -2.53. The second-order valence-electron chi connectivity index (χ2n) is 5.83. The second kappa shape index (κ2) is 6.02. The first-order valence-corrected chi connectivity index (χ1v) is 7.32. The molecule has 0 saturated heterocycles. The molecule has 0 spiro atoms. The van der Waals surface area contributed by atoms with E-state index in [9.17, 15) is 9.90 Å². The van der Waals surface area contributed by atoms with Crippen molar-refractivity contribution in [3.05, 3.63) is 28.8 Å². The van der Waals surface area contributed by atoms with Gasteiger partial charge in [0.05, 0.1) is 22.9 Å². The number of nitrogen functional groups attached to an aromatic ring is 1. The van der Waals surface area contributed by atoms with E-state index in [4.69, 9.17) is 17.3 Å². The molecule has 1 amide bonds. The Morgan fingerprint density at radius 1 is 1.60 bits per heavy atom. The first-order valence-electron chi connectivity index (χ1n) is 6.94. The van der Waals surface area contributed by atoms with Crippen LogP contribution in [0.4, 0.5) is 5.69 Å². The standard InChI is InChI=1S/C15H21ClN2O2/c1-10-3-2-6-15(8-10,9-19)18-14(20)11-4-5-12(16)13(17)7-11/h4-5,7,10,19H,2-3,6,8-9,17H2,1H3,(H,18,20). The van der Waals surface area contributed by atoms with Crippen LogP contribution in [0.5, 0.6) is 0 Å². The van der Waals surface area contributed by atoms with E-state index < -0.39 is 5.54 Å². The van der Waals surface area contributed by atoms with E-state index in [0.717, 1.165) is 25.7 Å². The fraction of sp³-hybridized carbons (Fsp3) is 0.533. The number of benzene rings is 1. The van der Waals surface area contributed by atoms with Gasteiger partial charge in [-0.1, -0.05) is 31.4 Å². The molecule has 1 aromatic carbocycles. The van der Waals surface area contributed by atoms with E-state index >= 15 is 0 Å². The molecule has 2 atom stereocenters. The molecule has 4 N–H and O–H groups in total. The van der Waals surface area contributed by atoms with Gasteiger partial charge in [0, 0.05) is 5.56 Å². The van der Waals surface area contributed by atoms with Crippen molar-refractivity contribution in [3.8, 4) is 0 Å². The summed E-state index contributed by atoms with van der Waals surface area (Å²) in [7, 11) is 0. The third kappa shape index (κ3) is 3.25. The van der Waals surface area contributed by atoms with Gasteiger partial charge in [-0.2, -0.15) is 0 Å². The number of rotatable bonds is 3. The molecule has 0 bridgehead atoms. The lowest BCUT2D eigenvalue weighted by atomic mass is 9.76. The molecular formula is C15H21ClN2O2. The number of carbonyl (C=O) groups is 1. The molecule has 1 aliphatic rings. The summed E-state index contributed by atoms with van der Waals surface area (Å²) in [5.41, 5.74) is 6.06. The lowest BCUT2D eigenvalue weighted by Gasteiger charge is -2.39. The summed E-state index contributed by atoms with van der Waals surface area (Å²) in [5.74, 6) is 0.294. The monoisotopic (exact) mass is 296 g/mol. The quantitative estimate of drug-likeness (QED) is 0.751. The third-order valence-corrected chi connectivity index (χ3v) is 4.38. The highest BCUT2D eigenvalue weighted by atomic mass is 35.5. The van der Waals surface area contributed by atoms with Gasteiger partial charge in [-0.15, -0.1) is 0 Å². The molecule has 0 aliphatic heterocycles. The number of amides is 1. The highest BCUT2D eigenvalue weighted by Crippen LogP contribution is 2.32. The van der Waals surface area contributed by atoms with E-state index in [-0.39, 0.29) is 12.5 Å². The number of aliphatic hydroxyl groups is 1. The Bertz CT molecular complexity index is 507. The average molecular weight is 297 g/mol. The Morgan fingerprint density at radius 2 is 2.35 bits per heavy atom. The van der Waals surface area contributed by atoms with Crippen molar-refractivity contribution in [1.82, 2.24) is 5.32 Å². The molecule has 0 heterocycles. The van der Waals surface area contributed by atoms with Crippen LogP contribution in [0.15, 0.2) is 18.2 Å². The zero-order chi connectivity index (χ0) is 14.8. The van der Waals surface area contributed by atoms with Gasteiger partial charge in [0.15, 0.2) is 0 Å². The molecule has 1 aromatic rings. The zero-order valence-electron chi connectivity index (χ0n) is 11.7. The van der Waals surface area contributed by atoms with E-state index in [2.05, 4.69) is 12.2 Å². The van der Waals surface area contributed by atoms with Crippen LogP contribution in [-0.4, -0.2) is 23.2 Å². The number of hydrogen-bond donors (Lipinski definition) is 3. The number of halogens is 1. The molecule has 20 heavy (non-hydrogen) atoms. The molecule has 1 fully saturated rings. The molecule has 0 aromatic heterocycles. The second-order valence-corrected chi connectivity index (χ2v) is 6.24. The fourth-order valence-corrected chi connectivity index (χ4v) is 3.07. The first-order chi connectivity index (χ1) is 9.46. The smallest absolute Gasteiger partial charge is 0.251 e. The molecule has 2 rings (SSSR count). The summed E-state index contributed by atoms with van der Waals surface area (Å²) in [6.45, 7) is 2.11. The Labute approximate surface area is 124 Å². The Hall–Kier alpha value is -1.26. The van der Waals surface area contributed by atoms with Crippen molar-refractivity contribution < 1.29 is 9.90 Å². The van der Waals surface area contributed by atoms with Crippen LogP contribution in [0.3, 0.4) is 0 Å². The summed E-state index contributed by atoms with van der Waals surface area (Å²) in [4.78, 5) is 12.3. The number of carbonyl (C=O) groups excluding carboxylic acids is 1. The summed E-state index contributed by atoms with van der Waals surface area (Å²) in [6, 6.07) is 4.82. The molecule has 2 unspecified atom stereocenters. The summed E-state index contributed by atoms with van der Waals surface area (Å²) < 4.78 is 0. The largest absolute Gasteiger partial charge is 0.398 e. The minimum Gasteiger partial charge on any atom is -0.398 e. The third-order valence-electron chi connectivity index (χ3n) is 4.03. The molecule has 110 valence electrons. The Morgan fingerprint density at radius 3 is 2.95 bits per heavy atom. The maximum atomic E-state index is 12.3. The summed E-state index contributed by atoms with van der Waals surface area (Å²) in [6.07, 6.45) is 3.78. The van der Waals surface area contributed by atoms with E-state index in [0.29, 0.717) is 22.2 Å². The first kappa shape index (κ1) is 15.1. The van der Waals surface area contributed by atoms with Crippen molar-refractivity contribution >= 4 is 23.2 Å². The molecule has 5 heteroatoms. The molecular weight excluding hydrogens is 276 g/mol.